The summed E-state index contributed by atoms with van der Waals surface area (Å²) in [5, 5.41) is 3.10. The normalized spacial score (nSPS) is 30.2. The smallest absolute Gasteiger partial charge is 0.172 e. The Morgan fingerprint density at radius 3 is 2.64 bits per heavy atom. The first kappa shape index (κ1) is 12.3. The summed E-state index contributed by atoms with van der Waals surface area (Å²) in [4.78, 5) is 9.14. The van der Waals surface area contributed by atoms with Crippen LogP contribution in [0.3, 0.4) is 0 Å². The summed E-state index contributed by atoms with van der Waals surface area (Å²) in [5.74, 6) is 0. The Bertz CT molecular complexity index is 153. The van der Waals surface area contributed by atoms with Crippen LogP contribution in [-0.2, 0) is 37.3 Å². The van der Waals surface area contributed by atoms with Crippen LogP contribution in [0.1, 0.15) is 6.42 Å². The minimum absolute atomic E-state index is 0. The van der Waals surface area contributed by atoms with Gasteiger partial charge in [0, 0.05) is 39.4 Å². The van der Waals surface area contributed by atoms with Gasteiger partial charge in [-0.2, -0.15) is 0 Å². The quantitative estimate of drug-likeness (QED) is 0.525. The Morgan fingerprint density at radius 1 is 1.73 bits per heavy atom. The molecule has 1 fully saturated rings. The van der Waals surface area contributed by atoms with Crippen LogP contribution in [0.2, 0.25) is 0 Å². The first-order valence-corrected chi connectivity index (χ1v) is 5.62. The van der Waals surface area contributed by atoms with Crippen molar-refractivity contribution in [3.8, 4) is 0 Å². The molecule has 0 saturated carbocycles. The first-order valence-electron chi connectivity index (χ1n) is 3.44. The van der Waals surface area contributed by atoms with Crippen molar-refractivity contribution in [2.24, 2.45) is 0 Å². The van der Waals surface area contributed by atoms with Gasteiger partial charge in [-0.15, -0.1) is 6.54 Å². The predicted octanol–water partition coefficient (Wildman–Crippen LogP) is 0.450. The molecule has 1 aliphatic rings. The average Bonchev–Trinajstić information content (AvgIpc) is 1.88. The van der Waals surface area contributed by atoms with E-state index in [4.69, 9.17) is 4.89 Å². The van der Waals surface area contributed by atoms with Crippen molar-refractivity contribution in [3.63, 3.8) is 0 Å². The van der Waals surface area contributed by atoms with E-state index in [9.17, 15) is 4.57 Å². The second-order valence-electron chi connectivity index (χ2n) is 2.74. The Balaban J connectivity index is 0.000001000. The van der Waals surface area contributed by atoms with Gasteiger partial charge in [0.2, 0.25) is 0 Å². The molecule has 1 radical (unpaired) electrons. The summed E-state index contributed by atoms with van der Waals surface area (Å²) in [7, 11) is -2.84. The van der Waals surface area contributed by atoms with Crippen molar-refractivity contribution in [3.05, 3.63) is 6.42 Å². The van der Waals surface area contributed by atoms with Crippen molar-refractivity contribution in [2.75, 3.05) is 19.8 Å². The maximum atomic E-state index is 11.1. The third-order valence-electron chi connectivity index (χ3n) is 1.77. The standard InChI is InChI=1S/C6H13NO2P.Y/c1-10(8,9)6-2-4-7-5-3-6;/h2,6-7H,3-5H2,1H3,(H,8,9);/q-1;. The molecule has 1 rings (SSSR count). The molecule has 1 heterocycles. The van der Waals surface area contributed by atoms with Gasteiger partial charge < -0.3 is 16.6 Å². The van der Waals surface area contributed by atoms with Gasteiger partial charge in [-0.05, 0) is 6.54 Å². The fourth-order valence-corrected chi connectivity index (χ4v) is 2.23. The fraction of sp³-hybridized carbons (Fsp3) is 0.833. The summed E-state index contributed by atoms with van der Waals surface area (Å²) in [5.41, 5.74) is -0.0752. The third kappa shape index (κ3) is 4.14. The van der Waals surface area contributed by atoms with E-state index in [-0.39, 0.29) is 38.4 Å². The summed E-state index contributed by atoms with van der Waals surface area (Å²) in [6, 6.07) is 0. The zero-order valence-electron chi connectivity index (χ0n) is 6.66. The second-order valence-corrected chi connectivity index (χ2v) is 5.29. The van der Waals surface area contributed by atoms with E-state index in [1.165, 1.54) is 6.66 Å². The van der Waals surface area contributed by atoms with E-state index in [0.29, 0.717) is 0 Å². The Labute approximate surface area is 92.7 Å². The van der Waals surface area contributed by atoms with Crippen LogP contribution in [0.15, 0.2) is 0 Å². The summed E-state index contributed by atoms with van der Waals surface area (Å²) >= 11 is 0. The molecule has 3 nitrogen and oxygen atoms in total. The van der Waals surface area contributed by atoms with Crippen LogP contribution < -0.4 is 5.32 Å². The molecule has 2 atom stereocenters. The van der Waals surface area contributed by atoms with E-state index >= 15 is 0 Å². The van der Waals surface area contributed by atoms with Crippen LogP contribution in [0.25, 0.3) is 0 Å². The summed E-state index contributed by atoms with van der Waals surface area (Å²) < 4.78 is 11.1. The molecule has 0 aliphatic carbocycles. The molecular weight excluding hydrogens is 238 g/mol. The molecule has 1 saturated heterocycles. The van der Waals surface area contributed by atoms with Gasteiger partial charge in [-0.1, -0.05) is 12.1 Å². The fourth-order valence-electron chi connectivity index (χ4n) is 1.12. The Kier molecular flexibility index (Phi) is 5.67. The van der Waals surface area contributed by atoms with Crippen molar-refractivity contribution in [2.45, 2.75) is 12.1 Å². The minimum Gasteiger partial charge on any atom is -0.346 e. The van der Waals surface area contributed by atoms with E-state index in [1.54, 1.807) is 0 Å². The molecule has 0 aromatic carbocycles. The van der Waals surface area contributed by atoms with Crippen LogP contribution >= 0.6 is 7.37 Å². The maximum Gasteiger partial charge on any atom is 0.172 e. The van der Waals surface area contributed by atoms with Crippen LogP contribution in [0.4, 0.5) is 0 Å². The van der Waals surface area contributed by atoms with Gasteiger partial charge in [-0.3, -0.25) is 4.57 Å². The van der Waals surface area contributed by atoms with Gasteiger partial charge in [0.25, 0.3) is 0 Å². The first-order chi connectivity index (χ1) is 4.61. The molecule has 0 spiro atoms. The number of hydrogen-bond donors (Lipinski definition) is 2. The molecule has 2 unspecified atom stereocenters. The van der Waals surface area contributed by atoms with E-state index in [2.05, 4.69) is 5.32 Å². The zero-order valence-corrected chi connectivity index (χ0v) is 10.4. The van der Waals surface area contributed by atoms with E-state index in [0.717, 1.165) is 19.5 Å². The van der Waals surface area contributed by atoms with Crippen molar-refractivity contribution in [1.82, 2.24) is 5.32 Å². The average molecular weight is 251 g/mol. The topological polar surface area (TPSA) is 49.3 Å². The van der Waals surface area contributed by atoms with Crippen LogP contribution in [0, 0.1) is 6.42 Å². The minimum atomic E-state index is -2.84. The van der Waals surface area contributed by atoms with E-state index < -0.39 is 7.37 Å². The molecule has 0 aromatic heterocycles. The van der Waals surface area contributed by atoms with Crippen LogP contribution in [-0.4, -0.2) is 30.3 Å². The van der Waals surface area contributed by atoms with Crippen molar-refractivity contribution in [1.29, 1.82) is 0 Å². The second kappa shape index (κ2) is 5.09. The van der Waals surface area contributed by atoms with Crippen LogP contribution in [0.5, 0.6) is 0 Å². The SMILES string of the molecule is CP(=O)(O)C1[CH-]CNCC1.[Y]. The molecule has 0 amide bonds. The summed E-state index contributed by atoms with van der Waals surface area (Å²) in [6.45, 7) is 3.06. The maximum absolute atomic E-state index is 11.1. The Morgan fingerprint density at radius 2 is 2.36 bits per heavy atom. The van der Waals surface area contributed by atoms with Gasteiger partial charge in [0.1, 0.15) is 0 Å². The van der Waals surface area contributed by atoms with E-state index in [1.807, 2.05) is 6.42 Å². The molecule has 1 aliphatic heterocycles. The summed E-state index contributed by atoms with van der Waals surface area (Å²) in [6.07, 6.45) is 2.69. The number of piperidine rings is 1. The largest absolute Gasteiger partial charge is 0.346 e. The molecule has 0 bridgehead atoms. The molecule has 63 valence electrons. The number of hydrogen-bond acceptors (Lipinski definition) is 2. The molecule has 0 aromatic rings. The molecular formula is C6H13NO2PY-. The van der Waals surface area contributed by atoms with Gasteiger partial charge in [0.15, 0.2) is 7.37 Å². The van der Waals surface area contributed by atoms with Crippen molar-refractivity contribution >= 4 is 7.37 Å². The molecule has 11 heavy (non-hydrogen) atoms. The zero-order chi connectivity index (χ0) is 7.61. The number of nitrogens with one attached hydrogen (secondary N) is 1. The van der Waals surface area contributed by atoms with Gasteiger partial charge >= 0.3 is 0 Å². The number of rotatable bonds is 1. The molecule has 2 N–H and O–H groups in total. The van der Waals surface area contributed by atoms with Crippen molar-refractivity contribution < 1.29 is 42.2 Å². The predicted molar refractivity (Wildman–Crippen MR) is 41.3 cm³/mol. The van der Waals surface area contributed by atoms with Gasteiger partial charge in [0.05, 0.1) is 0 Å². The Hall–Kier alpha value is 1.25. The monoisotopic (exact) mass is 251 g/mol. The molecule has 5 heteroatoms. The van der Waals surface area contributed by atoms with Gasteiger partial charge in [-0.25, -0.2) is 0 Å². The third-order valence-corrected chi connectivity index (χ3v) is 3.47.